The van der Waals surface area contributed by atoms with E-state index in [4.69, 9.17) is 10.1 Å². The van der Waals surface area contributed by atoms with Gasteiger partial charge in [-0.25, -0.2) is 0 Å². The molecule has 208 valence electrons. The van der Waals surface area contributed by atoms with Gasteiger partial charge in [0, 0.05) is 6.42 Å². The fraction of sp³-hybridized carbons (Fsp3) is 0.655. The van der Waals surface area contributed by atoms with Crippen LogP contribution in [-0.4, -0.2) is 24.0 Å². The van der Waals surface area contributed by atoms with Gasteiger partial charge in [0.15, 0.2) is 5.90 Å². The van der Waals surface area contributed by atoms with Crippen molar-refractivity contribution in [3.8, 4) is 0 Å². The molecule has 0 amide bonds. The first-order valence-electron chi connectivity index (χ1n) is 12.4. The Morgan fingerprint density at radius 2 is 1.31 bits per heavy atom. The van der Waals surface area contributed by atoms with E-state index >= 15 is 0 Å². The van der Waals surface area contributed by atoms with Crippen LogP contribution in [-0.2, 0) is 9.53 Å². The van der Waals surface area contributed by atoms with Crippen LogP contribution in [0.2, 0.25) is 0 Å². The number of hydrogen-bond acceptors (Lipinski definition) is 5. The Morgan fingerprint density at radius 1 is 0.914 bits per heavy atom. The normalized spacial score (nSPS) is 9.60. The van der Waals surface area contributed by atoms with E-state index in [2.05, 4.69) is 51.8 Å². The second kappa shape index (κ2) is 47.5. The van der Waals surface area contributed by atoms with E-state index < -0.39 is 0 Å². The molecule has 0 radical (unpaired) electrons. The van der Waals surface area contributed by atoms with Crippen LogP contribution in [0.15, 0.2) is 16.0 Å². The van der Waals surface area contributed by atoms with Gasteiger partial charge in [-0.2, -0.15) is 6.92 Å². The second-order valence-corrected chi connectivity index (χ2v) is 7.19. The largest absolute Gasteiger partial charge is 1.00 e. The van der Waals surface area contributed by atoms with Crippen LogP contribution in [0.1, 0.15) is 119 Å². The van der Waals surface area contributed by atoms with E-state index in [1.807, 2.05) is 13.8 Å². The van der Waals surface area contributed by atoms with Gasteiger partial charge in [0.2, 0.25) is 0 Å². The average Bonchev–Trinajstić information content (AvgIpc) is 2.81. The van der Waals surface area contributed by atoms with Gasteiger partial charge in [-0.15, -0.1) is 0 Å². The van der Waals surface area contributed by atoms with Gasteiger partial charge in [0.05, 0.1) is 6.61 Å². The van der Waals surface area contributed by atoms with E-state index in [1.165, 1.54) is 57.4 Å². The molecule has 0 bridgehead atoms. The first-order chi connectivity index (χ1) is 15.4. The maximum absolute atomic E-state index is 10.6. The van der Waals surface area contributed by atoms with Crippen molar-refractivity contribution in [2.24, 2.45) is 4.40 Å². The summed E-state index contributed by atoms with van der Waals surface area (Å²) in [4.78, 5) is 10.6. The van der Waals surface area contributed by atoms with Crippen LogP contribution in [0.4, 0.5) is 0 Å². The first kappa shape index (κ1) is 51.8. The Bertz CT molecular complexity index is 468. The van der Waals surface area contributed by atoms with Gasteiger partial charge >= 0.3 is 51.4 Å². The summed E-state index contributed by atoms with van der Waals surface area (Å²) in [6.45, 7) is 22.9. The molecule has 1 N–H and O–H groups in total. The number of hydrogen-bond donors (Lipinski definition) is 2. The predicted octanol–water partition coefficient (Wildman–Crippen LogP) is 6.93. The van der Waals surface area contributed by atoms with Crippen molar-refractivity contribution in [2.75, 3.05) is 6.61 Å². The summed E-state index contributed by atoms with van der Waals surface area (Å²) in [7, 11) is 0. The third-order valence-corrected chi connectivity index (χ3v) is 4.44. The van der Waals surface area contributed by atoms with E-state index in [9.17, 15) is 4.79 Å². The monoisotopic (exact) mass is 538 g/mol. The maximum atomic E-state index is 10.6. The van der Waals surface area contributed by atoms with E-state index in [0.29, 0.717) is 23.7 Å². The van der Waals surface area contributed by atoms with Gasteiger partial charge in [-0.1, -0.05) is 104 Å². The van der Waals surface area contributed by atoms with Gasteiger partial charge < -0.3 is 49.9 Å². The van der Waals surface area contributed by atoms with Gasteiger partial charge in [0.1, 0.15) is 5.78 Å². The SMILES string of the molecule is CC.CCCCCCCCCC(C)=O.[CH2-]/C=C([CH2-])/C(=N/S)C(=N)OCCCCCC.[CH2-]C.[CH3-].[CH3-].[K+]. The Hall–Kier alpha value is 0.276. The van der Waals surface area contributed by atoms with E-state index in [0.717, 1.165) is 25.7 Å². The fourth-order valence-corrected chi connectivity index (χ4v) is 2.67. The minimum Gasteiger partial charge on any atom is -0.488 e. The summed E-state index contributed by atoms with van der Waals surface area (Å²) in [5.74, 6) is 0.347. The van der Waals surface area contributed by atoms with Crippen molar-refractivity contribution in [3.63, 3.8) is 0 Å². The standard InChI is InChI=1S/C12H20N2OS.C11H22O.C2H6.C2H5.2CH3.K/c1-4-6-7-8-9-15-12(13)11(14-16)10(3)5-2;1-3-4-5-6-7-8-9-10-11(2)12;2*1-2;;;/h5,13,16H,2-4,6-9H2,1H3;3-10H2,1-2H3;1-2H3;1H2,2H3;2*1H3;/q-2;;;3*-1;+1/b10-5+,13-12?,14-11-;;;;;;. The zero-order chi connectivity index (χ0) is 25.6. The molecule has 0 rings (SSSR count). The predicted molar refractivity (Wildman–Crippen MR) is 162 cm³/mol. The van der Waals surface area contributed by atoms with Crippen LogP contribution < -0.4 is 51.4 Å². The molecule has 0 aliphatic rings. The van der Waals surface area contributed by atoms with Crippen LogP contribution in [0.25, 0.3) is 0 Å². The van der Waals surface area contributed by atoms with Crippen LogP contribution >= 0.6 is 12.8 Å². The smallest absolute Gasteiger partial charge is 0.488 e. The van der Waals surface area contributed by atoms with E-state index in [1.54, 1.807) is 13.8 Å². The molecule has 0 aliphatic heterocycles. The molecule has 0 fully saturated rings. The molecule has 4 nitrogen and oxygen atoms in total. The molecule has 0 unspecified atom stereocenters. The number of nitrogens with zero attached hydrogens (tertiary/aromatic N) is 1. The number of allylic oxidation sites excluding steroid dienone is 1. The minimum atomic E-state index is 0. The molecule has 0 atom stereocenters. The molecule has 0 aromatic rings. The van der Waals surface area contributed by atoms with Crippen molar-refractivity contribution in [1.82, 2.24) is 0 Å². The summed E-state index contributed by atoms with van der Waals surface area (Å²) in [6.07, 6.45) is 15.8. The zero-order valence-corrected chi connectivity index (χ0v) is 29.1. The molecule has 0 aliphatic carbocycles. The number of ketones is 1. The molecular formula is C29H59KN2O2S-4. The minimum absolute atomic E-state index is 0. The molecule has 0 spiro atoms. The first-order valence-corrected chi connectivity index (χ1v) is 12.8. The summed E-state index contributed by atoms with van der Waals surface area (Å²) < 4.78 is 8.92. The van der Waals surface area contributed by atoms with Crippen molar-refractivity contribution in [2.45, 2.75) is 119 Å². The van der Waals surface area contributed by atoms with Crippen molar-refractivity contribution < 1.29 is 60.9 Å². The molecule has 0 aromatic heterocycles. The second-order valence-electron chi connectivity index (χ2n) is 6.99. The molecule has 35 heavy (non-hydrogen) atoms. The topological polar surface area (TPSA) is 62.5 Å². The number of rotatable bonds is 15. The van der Waals surface area contributed by atoms with Crippen molar-refractivity contribution in [1.29, 1.82) is 5.41 Å². The number of nitrogens with one attached hydrogen (secondary N) is 1. The number of ether oxygens (including phenoxy) is 1. The number of Topliss-reactive ketones (excluding diaryl/α,β-unsaturated/α-hetero) is 1. The third-order valence-electron chi connectivity index (χ3n) is 4.24. The van der Waals surface area contributed by atoms with Crippen molar-refractivity contribution in [3.05, 3.63) is 47.3 Å². The Balaban J connectivity index is -0.0000000744. The Morgan fingerprint density at radius 3 is 1.69 bits per heavy atom. The summed E-state index contributed by atoms with van der Waals surface area (Å²) in [5.41, 5.74) is 0.891. The number of unbranched alkanes of at least 4 members (excludes halogenated alkanes) is 9. The number of carbonyl (C=O) groups excluding carboxylic acids is 1. The quantitative estimate of drug-likeness (QED) is 0.0593. The average molecular weight is 539 g/mol. The Labute approximate surface area is 270 Å². The van der Waals surface area contributed by atoms with Crippen LogP contribution in [0.5, 0.6) is 0 Å². The van der Waals surface area contributed by atoms with Gasteiger partial charge in [-0.3, -0.25) is 16.7 Å². The Kier molecular flexibility index (Phi) is 70.3. The summed E-state index contributed by atoms with van der Waals surface area (Å²) >= 11 is 3.79. The summed E-state index contributed by atoms with van der Waals surface area (Å²) in [6, 6.07) is 0. The van der Waals surface area contributed by atoms with Gasteiger partial charge in [0.25, 0.3) is 0 Å². The fourth-order valence-electron chi connectivity index (χ4n) is 2.45. The molecular weight excluding hydrogens is 479 g/mol. The molecule has 0 saturated carbocycles. The van der Waals surface area contributed by atoms with Crippen LogP contribution in [0, 0.1) is 41.0 Å². The summed E-state index contributed by atoms with van der Waals surface area (Å²) in [5, 5.41) is 7.65. The maximum Gasteiger partial charge on any atom is 1.00 e. The molecule has 6 heteroatoms. The zero-order valence-electron chi connectivity index (χ0n) is 25.1. The molecule has 0 saturated heterocycles. The van der Waals surface area contributed by atoms with Gasteiger partial charge in [-0.05, 0) is 19.8 Å². The molecule has 0 heterocycles. The number of thiol groups is 1. The third kappa shape index (κ3) is 44.7. The molecule has 0 aromatic carbocycles. The van der Waals surface area contributed by atoms with Crippen LogP contribution in [0.3, 0.4) is 0 Å². The van der Waals surface area contributed by atoms with E-state index in [-0.39, 0.29) is 72.1 Å². The van der Waals surface area contributed by atoms with Crippen molar-refractivity contribution >= 4 is 30.2 Å². The number of carbonyl (C=O) groups is 1.